The SMILES string of the molecule is CC(C)C1(N2C=CCCC2=O)CC1. The number of carbonyl (C=O) groups excluding carboxylic acids is 1. The van der Waals surface area contributed by atoms with Crippen molar-refractivity contribution >= 4 is 5.91 Å². The van der Waals surface area contributed by atoms with E-state index >= 15 is 0 Å². The standard InChI is InChI=1S/C11H17NO/c1-9(2)11(6-7-11)12-8-4-3-5-10(12)13/h4,8-9H,3,5-7H2,1-2H3. The van der Waals surface area contributed by atoms with Crippen LogP contribution in [0, 0.1) is 5.92 Å². The van der Waals surface area contributed by atoms with Crippen LogP contribution in [0.2, 0.25) is 0 Å². The first-order chi connectivity index (χ1) is 6.17. The van der Waals surface area contributed by atoms with Crippen LogP contribution < -0.4 is 0 Å². The minimum atomic E-state index is 0.188. The van der Waals surface area contributed by atoms with Crippen LogP contribution in [0.3, 0.4) is 0 Å². The van der Waals surface area contributed by atoms with Gasteiger partial charge in [0.1, 0.15) is 0 Å². The third-order valence-corrected chi connectivity index (χ3v) is 3.36. The second-order valence-corrected chi connectivity index (χ2v) is 4.45. The molecular formula is C11H17NO. The molecule has 0 bridgehead atoms. The summed E-state index contributed by atoms with van der Waals surface area (Å²) in [4.78, 5) is 13.6. The van der Waals surface area contributed by atoms with Gasteiger partial charge in [0.25, 0.3) is 0 Å². The molecule has 1 aliphatic heterocycles. The van der Waals surface area contributed by atoms with Crippen molar-refractivity contribution in [1.29, 1.82) is 0 Å². The summed E-state index contributed by atoms with van der Waals surface area (Å²) in [5.41, 5.74) is 0.188. The zero-order valence-corrected chi connectivity index (χ0v) is 8.42. The summed E-state index contributed by atoms with van der Waals surface area (Å²) in [6.45, 7) is 4.42. The summed E-state index contributed by atoms with van der Waals surface area (Å²) in [6.07, 6.45) is 8.10. The van der Waals surface area contributed by atoms with Gasteiger partial charge in [0.15, 0.2) is 0 Å². The molecule has 0 N–H and O–H groups in total. The molecule has 1 amide bonds. The molecule has 0 aromatic heterocycles. The molecule has 0 aromatic carbocycles. The fourth-order valence-corrected chi connectivity index (χ4v) is 2.21. The molecule has 72 valence electrons. The first kappa shape index (κ1) is 8.79. The molecule has 2 rings (SSSR count). The summed E-state index contributed by atoms with van der Waals surface area (Å²) >= 11 is 0. The fourth-order valence-electron chi connectivity index (χ4n) is 2.21. The van der Waals surface area contributed by atoms with Gasteiger partial charge in [0.2, 0.25) is 5.91 Å². The summed E-state index contributed by atoms with van der Waals surface area (Å²) < 4.78 is 0. The molecule has 1 aliphatic carbocycles. The highest BCUT2D eigenvalue weighted by atomic mass is 16.2. The molecule has 1 saturated carbocycles. The Bertz CT molecular complexity index is 251. The first-order valence-electron chi connectivity index (χ1n) is 5.16. The molecule has 0 radical (unpaired) electrons. The van der Waals surface area contributed by atoms with Gasteiger partial charge >= 0.3 is 0 Å². The lowest BCUT2D eigenvalue weighted by molar-refractivity contribution is -0.132. The number of allylic oxidation sites excluding steroid dienone is 1. The van der Waals surface area contributed by atoms with E-state index in [4.69, 9.17) is 0 Å². The fraction of sp³-hybridized carbons (Fsp3) is 0.727. The van der Waals surface area contributed by atoms with Crippen molar-refractivity contribution < 1.29 is 4.79 Å². The Morgan fingerprint density at radius 2 is 2.15 bits per heavy atom. The predicted molar refractivity (Wildman–Crippen MR) is 52.0 cm³/mol. The van der Waals surface area contributed by atoms with Crippen molar-refractivity contribution in [2.45, 2.75) is 45.1 Å². The molecule has 0 unspecified atom stereocenters. The lowest BCUT2D eigenvalue weighted by atomic mass is 9.98. The summed E-state index contributed by atoms with van der Waals surface area (Å²) in [5, 5.41) is 0. The lowest BCUT2D eigenvalue weighted by Gasteiger charge is -2.34. The number of carbonyl (C=O) groups is 1. The highest BCUT2D eigenvalue weighted by Crippen LogP contribution is 2.48. The van der Waals surface area contributed by atoms with E-state index in [-0.39, 0.29) is 5.54 Å². The molecule has 13 heavy (non-hydrogen) atoms. The minimum absolute atomic E-state index is 0.188. The number of rotatable bonds is 2. The van der Waals surface area contributed by atoms with Gasteiger partial charge in [-0.1, -0.05) is 19.9 Å². The molecule has 2 aliphatic rings. The van der Waals surface area contributed by atoms with Crippen LogP contribution in [0.25, 0.3) is 0 Å². The van der Waals surface area contributed by atoms with Crippen LogP contribution in [0.15, 0.2) is 12.3 Å². The Kier molecular flexibility index (Phi) is 1.94. The van der Waals surface area contributed by atoms with Gasteiger partial charge in [-0.25, -0.2) is 0 Å². The number of nitrogens with zero attached hydrogens (tertiary/aromatic N) is 1. The summed E-state index contributed by atoms with van der Waals surface area (Å²) in [7, 11) is 0. The minimum Gasteiger partial charge on any atom is -0.313 e. The van der Waals surface area contributed by atoms with E-state index in [9.17, 15) is 4.79 Å². The Balaban J connectivity index is 2.19. The third-order valence-electron chi connectivity index (χ3n) is 3.36. The van der Waals surface area contributed by atoms with Crippen LogP contribution in [0.1, 0.15) is 39.5 Å². The van der Waals surface area contributed by atoms with Gasteiger partial charge in [0.05, 0.1) is 0 Å². The van der Waals surface area contributed by atoms with E-state index in [1.54, 1.807) is 0 Å². The molecular weight excluding hydrogens is 162 g/mol. The Labute approximate surface area is 79.6 Å². The second-order valence-electron chi connectivity index (χ2n) is 4.45. The Morgan fingerprint density at radius 1 is 1.46 bits per heavy atom. The first-order valence-corrected chi connectivity index (χ1v) is 5.16. The topological polar surface area (TPSA) is 20.3 Å². The molecule has 0 aromatic rings. The lowest BCUT2D eigenvalue weighted by Crippen LogP contribution is -2.42. The molecule has 1 fully saturated rings. The predicted octanol–water partition coefficient (Wildman–Crippen LogP) is 2.31. The third kappa shape index (κ3) is 1.28. The van der Waals surface area contributed by atoms with Crippen LogP contribution in [-0.2, 0) is 4.79 Å². The molecule has 0 saturated heterocycles. The van der Waals surface area contributed by atoms with E-state index in [0.717, 1.165) is 6.42 Å². The highest BCUT2D eigenvalue weighted by molar-refractivity contribution is 5.79. The average molecular weight is 179 g/mol. The van der Waals surface area contributed by atoms with Crippen LogP contribution >= 0.6 is 0 Å². The van der Waals surface area contributed by atoms with E-state index in [0.29, 0.717) is 18.2 Å². The van der Waals surface area contributed by atoms with Gasteiger partial charge in [-0.15, -0.1) is 0 Å². The van der Waals surface area contributed by atoms with Gasteiger partial charge in [-0.05, 0) is 25.2 Å². The maximum absolute atomic E-state index is 11.7. The summed E-state index contributed by atoms with van der Waals surface area (Å²) in [6, 6.07) is 0. The molecule has 2 heteroatoms. The molecule has 1 heterocycles. The van der Waals surface area contributed by atoms with Gasteiger partial charge in [-0.3, -0.25) is 4.79 Å². The van der Waals surface area contributed by atoms with Gasteiger partial charge < -0.3 is 4.90 Å². The second kappa shape index (κ2) is 2.86. The zero-order valence-electron chi connectivity index (χ0n) is 8.42. The summed E-state index contributed by atoms with van der Waals surface area (Å²) in [5.74, 6) is 0.896. The van der Waals surface area contributed by atoms with E-state index in [1.165, 1.54) is 12.8 Å². The van der Waals surface area contributed by atoms with Crippen molar-refractivity contribution in [2.75, 3.05) is 0 Å². The molecule has 0 spiro atoms. The van der Waals surface area contributed by atoms with Gasteiger partial charge in [0, 0.05) is 18.2 Å². The van der Waals surface area contributed by atoms with Gasteiger partial charge in [-0.2, -0.15) is 0 Å². The Hall–Kier alpha value is -0.790. The van der Waals surface area contributed by atoms with E-state index in [2.05, 4.69) is 19.9 Å². The Morgan fingerprint density at radius 3 is 2.62 bits per heavy atom. The van der Waals surface area contributed by atoms with Crippen molar-refractivity contribution in [1.82, 2.24) is 4.90 Å². The monoisotopic (exact) mass is 179 g/mol. The number of hydrogen-bond acceptors (Lipinski definition) is 1. The number of amides is 1. The van der Waals surface area contributed by atoms with E-state index in [1.807, 2.05) is 11.1 Å². The van der Waals surface area contributed by atoms with Crippen molar-refractivity contribution in [2.24, 2.45) is 5.92 Å². The number of hydrogen-bond donors (Lipinski definition) is 0. The zero-order chi connectivity index (χ0) is 9.47. The quantitative estimate of drug-likeness (QED) is 0.637. The van der Waals surface area contributed by atoms with Crippen molar-refractivity contribution in [3.63, 3.8) is 0 Å². The smallest absolute Gasteiger partial charge is 0.227 e. The largest absolute Gasteiger partial charge is 0.313 e. The maximum atomic E-state index is 11.7. The van der Waals surface area contributed by atoms with Crippen LogP contribution in [-0.4, -0.2) is 16.3 Å². The maximum Gasteiger partial charge on any atom is 0.227 e. The van der Waals surface area contributed by atoms with Crippen molar-refractivity contribution in [3.05, 3.63) is 12.3 Å². The van der Waals surface area contributed by atoms with Crippen LogP contribution in [0.5, 0.6) is 0 Å². The van der Waals surface area contributed by atoms with Crippen molar-refractivity contribution in [3.8, 4) is 0 Å². The normalized spacial score (nSPS) is 25.5. The molecule has 0 atom stereocenters. The van der Waals surface area contributed by atoms with E-state index < -0.39 is 0 Å². The molecule has 2 nitrogen and oxygen atoms in total. The highest BCUT2D eigenvalue weighted by Gasteiger charge is 2.51. The van der Waals surface area contributed by atoms with Crippen LogP contribution in [0.4, 0.5) is 0 Å². The average Bonchev–Trinajstić information content (AvgIpc) is 2.85.